The topological polar surface area (TPSA) is 40.5 Å². The summed E-state index contributed by atoms with van der Waals surface area (Å²) in [6.07, 6.45) is 2.65. The van der Waals surface area contributed by atoms with Crippen molar-refractivity contribution >= 4 is 21.8 Å². The first-order chi connectivity index (χ1) is 8.62. The number of rotatable bonds is 2. The van der Waals surface area contributed by atoms with Crippen LogP contribution in [-0.4, -0.2) is 35.1 Å². The number of β-amino-alcohol motifs (C(OH)–C–C–N with tert-alkyl or cyclic N) is 1. The van der Waals surface area contributed by atoms with Gasteiger partial charge in [-0.3, -0.25) is 4.79 Å². The third-order valence-electron chi connectivity index (χ3n) is 4.16. The molecule has 4 heteroatoms. The molecule has 3 rings (SSSR count). The van der Waals surface area contributed by atoms with E-state index in [2.05, 4.69) is 15.9 Å². The number of carbonyl (C=O) groups is 1. The summed E-state index contributed by atoms with van der Waals surface area (Å²) in [4.78, 5) is 14.3. The molecule has 1 aliphatic heterocycles. The number of aliphatic hydroxyl groups is 1. The quantitative estimate of drug-likeness (QED) is 0.908. The fourth-order valence-corrected chi connectivity index (χ4v) is 3.11. The van der Waals surface area contributed by atoms with Gasteiger partial charge in [-0.1, -0.05) is 34.5 Å². The number of benzene rings is 1. The van der Waals surface area contributed by atoms with E-state index in [4.69, 9.17) is 0 Å². The number of hydrogen-bond donors (Lipinski definition) is 1. The highest BCUT2D eigenvalue weighted by Gasteiger charge is 2.49. The molecular formula is C14H16BrNO2. The molecule has 1 aromatic carbocycles. The van der Waals surface area contributed by atoms with E-state index in [-0.39, 0.29) is 17.4 Å². The van der Waals surface area contributed by atoms with Crippen molar-refractivity contribution in [1.82, 2.24) is 4.90 Å². The predicted octanol–water partition coefficient (Wildman–Crippen LogP) is 2.07. The molecule has 0 unspecified atom stereocenters. The Morgan fingerprint density at radius 3 is 2.33 bits per heavy atom. The standard InChI is InChI=1S/C14H16BrNO2/c15-11-4-2-10(3-5-11)14(6-1-7-14)13(18)16-8-12(17)9-16/h2-5,12,17H,1,6-9H2. The number of amides is 1. The number of halogens is 1. The third kappa shape index (κ3) is 1.79. The van der Waals surface area contributed by atoms with Crippen molar-refractivity contribution in [3.63, 3.8) is 0 Å². The molecule has 1 saturated carbocycles. The molecule has 0 atom stereocenters. The molecule has 3 nitrogen and oxygen atoms in total. The van der Waals surface area contributed by atoms with Crippen LogP contribution in [0.15, 0.2) is 28.7 Å². The van der Waals surface area contributed by atoms with Crippen molar-refractivity contribution in [2.75, 3.05) is 13.1 Å². The Balaban J connectivity index is 1.85. The summed E-state index contributed by atoms with van der Waals surface area (Å²) in [6, 6.07) is 8.07. The Bertz CT molecular complexity index is 461. The van der Waals surface area contributed by atoms with Crippen LogP contribution in [-0.2, 0) is 10.2 Å². The maximum absolute atomic E-state index is 12.6. The van der Waals surface area contributed by atoms with Gasteiger partial charge in [-0.2, -0.15) is 0 Å². The fourth-order valence-electron chi connectivity index (χ4n) is 2.85. The number of aliphatic hydroxyl groups excluding tert-OH is 1. The van der Waals surface area contributed by atoms with Gasteiger partial charge < -0.3 is 10.0 Å². The van der Waals surface area contributed by atoms with Gasteiger partial charge in [-0.05, 0) is 30.5 Å². The number of hydrogen-bond acceptors (Lipinski definition) is 2. The Morgan fingerprint density at radius 2 is 1.89 bits per heavy atom. The molecule has 1 heterocycles. The van der Waals surface area contributed by atoms with E-state index in [0.29, 0.717) is 13.1 Å². The molecule has 1 aromatic rings. The first-order valence-electron chi connectivity index (χ1n) is 6.35. The minimum absolute atomic E-state index is 0.196. The van der Waals surface area contributed by atoms with Gasteiger partial charge in [0.15, 0.2) is 0 Å². The lowest BCUT2D eigenvalue weighted by Crippen LogP contribution is -2.60. The average molecular weight is 310 g/mol. The molecule has 96 valence electrons. The van der Waals surface area contributed by atoms with E-state index in [1.54, 1.807) is 4.90 Å². The van der Waals surface area contributed by atoms with E-state index in [0.717, 1.165) is 29.3 Å². The van der Waals surface area contributed by atoms with Crippen LogP contribution in [0.2, 0.25) is 0 Å². The van der Waals surface area contributed by atoms with E-state index < -0.39 is 0 Å². The lowest BCUT2D eigenvalue weighted by atomic mass is 9.63. The molecule has 1 amide bonds. The van der Waals surface area contributed by atoms with Crippen LogP contribution in [0.25, 0.3) is 0 Å². The van der Waals surface area contributed by atoms with Gasteiger partial charge in [0.05, 0.1) is 11.5 Å². The molecule has 0 bridgehead atoms. The fraction of sp³-hybridized carbons (Fsp3) is 0.500. The summed E-state index contributed by atoms with van der Waals surface area (Å²) in [7, 11) is 0. The normalized spacial score (nSPS) is 22.2. The Labute approximate surface area is 115 Å². The molecule has 1 N–H and O–H groups in total. The smallest absolute Gasteiger partial charge is 0.233 e. The maximum atomic E-state index is 12.6. The van der Waals surface area contributed by atoms with Gasteiger partial charge in [0.25, 0.3) is 0 Å². The summed E-state index contributed by atoms with van der Waals surface area (Å²) in [5.74, 6) is 0.196. The van der Waals surface area contributed by atoms with Crippen LogP contribution in [0.1, 0.15) is 24.8 Å². The summed E-state index contributed by atoms with van der Waals surface area (Å²) in [5, 5.41) is 9.33. The Hall–Kier alpha value is -0.870. The second-order valence-corrected chi connectivity index (χ2v) is 6.22. The molecule has 0 radical (unpaired) electrons. The molecule has 0 aromatic heterocycles. The molecule has 1 aliphatic carbocycles. The summed E-state index contributed by atoms with van der Waals surface area (Å²) in [6.45, 7) is 0.994. The van der Waals surface area contributed by atoms with Crippen LogP contribution < -0.4 is 0 Å². The molecule has 18 heavy (non-hydrogen) atoms. The van der Waals surface area contributed by atoms with Crippen molar-refractivity contribution < 1.29 is 9.90 Å². The molecule has 0 spiro atoms. The summed E-state index contributed by atoms with van der Waals surface area (Å²) >= 11 is 3.42. The van der Waals surface area contributed by atoms with E-state index in [9.17, 15) is 9.90 Å². The highest BCUT2D eigenvalue weighted by atomic mass is 79.9. The molecular weight excluding hydrogens is 294 g/mol. The van der Waals surface area contributed by atoms with Gasteiger partial charge in [0, 0.05) is 17.6 Å². The van der Waals surface area contributed by atoms with Crippen molar-refractivity contribution in [3.05, 3.63) is 34.3 Å². The van der Waals surface area contributed by atoms with E-state index in [1.165, 1.54) is 0 Å². The number of nitrogens with zero attached hydrogens (tertiary/aromatic N) is 1. The number of carbonyl (C=O) groups excluding carboxylic acids is 1. The van der Waals surface area contributed by atoms with Gasteiger partial charge >= 0.3 is 0 Å². The third-order valence-corrected chi connectivity index (χ3v) is 4.69. The molecule has 2 fully saturated rings. The second-order valence-electron chi connectivity index (χ2n) is 5.31. The van der Waals surface area contributed by atoms with Gasteiger partial charge in [0.2, 0.25) is 5.91 Å². The monoisotopic (exact) mass is 309 g/mol. The largest absolute Gasteiger partial charge is 0.389 e. The van der Waals surface area contributed by atoms with Crippen LogP contribution in [0.3, 0.4) is 0 Å². The summed E-state index contributed by atoms with van der Waals surface area (Å²) in [5.41, 5.74) is 0.796. The lowest BCUT2D eigenvalue weighted by Gasteiger charge is -2.47. The maximum Gasteiger partial charge on any atom is 0.233 e. The van der Waals surface area contributed by atoms with Crippen LogP contribution >= 0.6 is 15.9 Å². The number of likely N-dealkylation sites (tertiary alicyclic amines) is 1. The molecule has 1 saturated heterocycles. The van der Waals surface area contributed by atoms with Crippen molar-refractivity contribution in [1.29, 1.82) is 0 Å². The average Bonchev–Trinajstić information content (AvgIpc) is 2.26. The first kappa shape index (κ1) is 12.2. The minimum Gasteiger partial charge on any atom is -0.389 e. The van der Waals surface area contributed by atoms with Gasteiger partial charge in [0.1, 0.15) is 0 Å². The van der Waals surface area contributed by atoms with Crippen molar-refractivity contribution in [2.24, 2.45) is 0 Å². The van der Waals surface area contributed by atoms with Crippen LogP contribution in [0, 0.1) is 0 Å². The zero-order valence-corrected chi connectivity index (χ0v) is 11.7. The van der Waals surface area contributed by atoms with Crippen molar-refractivity contribution in [2.45, 2.75) is 30.8 Å². The van der Waals surface area contributed by atoms with E-state index >= 15 is 0 Å². The Kier molecular flexibility index (Phi) is 2.94. The second kappa shape index (κ2) is 4.35. The van der Waals surface area contributed by atoms with E-state index in [1.807, 2.05) is 24.3 Å². The van der Waals surface area contributed by atoms with Crippen molar-refractivity contribution in [3.8, 4) is 0 Å². The van der Waals surface area contributed by atoms with Gasteiger partial charge in [-0.15, -0.1) is 0 Å². The highest BCUT2D eigenvalue weighted by Crippen LogP contribution is 2.46. The molecule has 2 aliphatic rings. The lowest BCUT2D eigenvalue weighted by molar-refractivity contribution is -0.151. The Morgan fingerprint density at radius 1 is 1.28 bits per heavy atom. The highest BCUT2D eigenvalue weighted by molar-refractivity contribution is 9.10. The van der Waals surface area contributed by atoms with Gasteiger partial charge in [-0.25, -0.2) is 0 Å². The zero-order valence-electron chi connectivity index (χ0n) is 10.1. The zero-order chi connectivity index (χ0) is 12.8. The predicted molar refractivity (Wildman–Crippen MR) is 72.3 cm³/mol. The summed E-state index contributed by atoms with van der Waals surface area (Å²) < 4.78 is 1.03. The minimum atomic E-state index is -0.323. The van der Waals surface area contributed by atoms with Crippen LogP contribution in [0.5, 0.6) is 0 Å². The first-order valence-corrected chi connectivity index (χ1v) is 7.15. The SMILES string of the molecule is O=C(N1CC(O)C1)C1(c2ccc(Br)cc2)CCC1. The van der Waals surface area contributed by atoms with Crippen LogP contribution in [0.4, 0.5) is 0 Å².